The van der Waals surface area contributed by atoms with Gasteiger partial charge in [-0.15, -0.1) is 0 Å². The third-order valence-electron chi connectivity index (χ3n) is 3.03. The second-order valence-corrected chi connectivity index (χ2v) is 4.52. The van der Waals surface area contributed by atoms with E-state index in [1.165, 1.54) is 0 Å². The molecule has 1 N–H and O–H groups in total. The van der Waals surface area contributed by atoms with Crippen molar-refractivity contribution in [1.82, 2.24) is 19.9 Å². The summed E-state index contributed by atoms with van der Waals surface area (Å²) < 4.78 is 0. The molecule has 7 heteroatoms. The van der Waals surface area contributed by atoms with Crippen LogP contribution in [0.15, 0.2) is 0 Å². The standard InChI is InChI=1S/C11H19ClN6/c1-3-13-10-14-9(12)15-11(16-10)18-7-5-17(4-2)6-8-18/h3-8H2,1-2H3,(H,13,14,15,16). The normalized spacial score (nSPS) is 16.9. The maximum atomic E-state index is 5.92. The Morgan fingerprint density at radius 3 is 2.44 bits per heavy atom. The monoisotopic (exact) mass is 270 g/mol. The second kappa shape index (κ2) is 6.15. The molecule has 1 fully saturated rings. The Bertz CT molecular complexity index is 391. The van der Waals surface area contributed by atoms with Crippen molar-refractivity contribution >= 4 is 23.5 Å². The van der Waals surface area contributed by atoms with Crippen LogP contribution in [-0.4, -0.2) is 59.1 Å². The van der Waals surface area contributed by atoms with Gasteiger partial charge in [-0.1, -0.05) is 6.92 Å². The van der Waals surface area contributed by atoms with Gasteiger partial charge in [0.2, 0.25) is 17.2 Å². The molecule has 0 radical (unpaired) electrons. The van der Waals surface area contributed by atoms with Crippen LogP contribution in [0.3, 0.4) is 0 Å². The summed E-state index contributed by atoms with van der Waals surface area (Å²) in [6.07, 6.45) is 0. The first kappa shape index (κ1) is 13.3. The fraction of sp³-hybridized carbons (Fsp3) is 0.727. The predicted octanol–water partition coefficient (Wildman–Crippen LogP) is 1.10. The number of anilines is 2. The molecule has 0 atom stereocenters. The highest BCUT2D eigenvalue weighted by atomic mass is 35.5. The minimum absolute atomic E-state index is 0.244. The lowest BCUT2D eigenvalue weighted by Crippen LogP contribution is -2.46. The first-order valence-electron chi connectivity index (χ1n) is 6.35. The zero-order chi connectivity index (χ0) is 13.0. The van der Waals surface area contributed by atoms with Crippen molar-refractivity contribution in [1.29, 1.82) is 0 Å². The van der Waals surface area contributed by atoms with Crippen LogP contribution in [0.1, 0.15) is 13.8 Å². The van der Waals surface area contributed by atoms with Crippen molar-refractivity contribution in [2.24, 2.45) is 0 Å². The Balaban J connectivity index is 2.08. The van der Waals surface area contributed by atoms with Crippen LogP contribution in [0.25, 0.3) is 0 Å². The number of piperazine rings is 1. The van der Waals surface area contributed by atoms with Gasteiger partial charge in [0, 0.05) is 32.7 Å². The molecule has 6 nitrogen and oxygen atoms in total. The fourth-order valence-electron chi connectivity index (χ4n) is 1.98. The van der Waals surface area contributed by atoms with Gasteiger partial charge in [0.1, 0.15) is 0 Å². The Labute approximate surface area is 112 Å². The molecule has 1 aliphatic rings. The quantitative estimate of drug-likeness (QED) is 0.884. The van der Waals surface area contributed by atoms with Gasteiger partial charge in [-0.3, -0.25) is 0 Å². The van der Waals surface area contributed by atoms with Crippen molar-refractivity contribution in [2.45, 2.75) is 13.8 Å². The van der Waals surface area contributed by atoms with E-state index in [1.54, 1.807) is 0 Å². The van der Waals surface area contributed by atoms with Crippen LogP contribution in [0.5, 0.6) is 0 Å². The van der Waals surface area contributed by atoms with Gasteiger partial charge in [-0.2, -0.15) is 15.0 Å². The SMILES string of the molecule is CCNc1nc(Cl)nc(N2CCN(CC)CC2)n1. The van der Waals surface area contributed by atoms with Crippen molar-refractivity contribution in [3.63, 3.8) is 0 Å². The summed E-state index contributed by atoms with van der Waals surface area (Å²) in [6, 6.07) is 0. The molecule has 0 amide bonds. The number of nitrogens with one attached hydrogen (secondary N) is 1. The van der Waals surface area contributed by atoms with Crippen molar-refractivity contribution in [3.8, 4) is 0 Å². The molecule has 18 heavy (non-hydrogen) atoms. The molecule has 0 aromatic carbocycles. The van der Waals surface area contributed by atoms with Crippen LogP contribution >= 0.6 is 11.6 Å². The van der Waals surface area contributed by atoms with Crippen LogP contribution in [0, 0.1) is 0 Å². The summed E-state index contributed by atoms with van der Waals surface area (Å²) in [4.78, 5) is 17.2. The van der Waals surface area contributed by atoms with Crippen LogP contribution in [0.4, 0.5) is 11.9 Å². The van der Waals surface area contributed by atoms with Crippen LogP contribution in [0.2, 0.25) is 5.28 Å². The molecule has 2 heterocycles. The molecule has 100 valence electrons. The van der Waals surface area contributed by atoms with E-state index in [4.69, 9.17) is 11.6 Å². The van der Waals surface area contributed by atoms with Gasteiger partial charge in [-0.05, 0) is 25.1 Å². The molecular formula is C11H19ClN6. The number of hydrogen-bond acceptors (Lipinski definition) is 6. The summed E-state index contributed by atoms with van der Waals surface area (Å²) in [5.41, 5.74) is 0. The highest BCUT2D eigenvalue weighted by molar-refractivity contribution is 6.28. The third-order valence-corrected chi connectivity index (χ3v) is 3.20. The number of hydrogen-bond donors (Lipinski definition) is 1. The van der Waals surface area contributed by atoms with E-state index < -0.39 is 0 Å². The Morgan fingerprint density at radius 2 is 1.83 bits per heavy atom. The summed E-state index contributed by atoms with van der Waals surface area (Å²) in [7, 11) is 0. The van der Waals surface area contributed by atoms with E-state index in [0.717, 1.165) is 39.3 Å². The van der Waals surface area contributed by atoms with Crippen LogP contribution in [-0.2, 0) is 0 Å². The van der Waals surface area contributed by atoms with Gasteiger partial charge in [-0.25, -0.2) is 0 Å². The molecule has 0 bridgehead atoms. The van der Waals surface area contributed by atoms with E-state index >= 15 is 0 Å². The summed E-state index contributed by atoms with van der Waals surface area (Å²) in [5, 5.41) is 3.31. The molecule has 0 aliphatic carbocycles. The predicted molar refractivity (Wildman–Crippen MR) is 73.3 cm³/mol. The fourth-order valence-corrected chi connectivity index (χ4v) is 2.14. The maximum Gasteiger partial charge on any atom is 0.231 e. The van der Waals surface area contributed by atoms with Crippen molar-refractivity contribution in [2.75, 3.05) is 49.5 Å². The van der Waals surface area contributed by atoms with E-state index in [-0.39, 0.29) is 5.28 Å². The van der Waals surface area contributed by atoms with Gasteiger partial charge in [0.25, 0.3) is 0 Å². The van der Waals surface area contributed by atoms with E-state index in [9.17, 15) is 0 Å². The number of nitrogens with zero attached hydrogens (tertiary/aromatic N) is 5. The summed E-state index contributed by atoms with van der Waals surface area (Å²) in [5.74, 6) is 1.21. The van der Waals surface area contributed by atoms with Gasteiger partial charge >= 0.3 is 0 Å². The Morgan fingerprint density at radius 1 is 1.11 bits per heavy atom. The third kappa shape index (κ3) is 3.20. The number of likely N-dealkylation sites (N-methyl/N-ethyl adjacent to an activating group) is 1. The second-order valence-electron chi connectivity index (χ2n) is 4.18. The first-order valence-corrected chi connectivity index (χ1v) is 6.73. The largest absolute Gasteiger partial charge is 0.354 e. The molecule has 0 spiro atoms. The molecule has 1 aromatic rings. The number of halogens is 1. The lowest BCUT2D eigenvalue weighted by molar-refractivity contribution is 0.270. The highest BCUT2D eigenvalue weighted by Crippen LogP contribution is 2.15. The molecule has 1 aliphatic heterocycles. The van der Waals surface area contributed by atoms with E-state index in [2.05, 4.69) is 37.0 Å². The topological polar surface area (TPSA) is 57.2 Å². The first-order chi connectivity index (χ1) is 8.72. The highest BCUT2D eigenvalue weighted by Gasteiger charge is 2.19. The van der Waals surface area contributed by atoms with Crippen molar-refractivity contribution in [3.05, 3.63) is 5.28 Å². The summed E-state index contributed by atoms with van der Waals surface area (Å²) >= 11 is 5.92. The Hall–Kier alpha value is -1.14. The zero-order valence-corrected chi connectivity index (χ0v) is 11.6. The zero-order valence-electron chi connectivity index (χ0n) is 10.9. The lowest BCUT2D eigenvalue weighted by Gasteiger charge is -2.34. The number of aromatic nitrogens is 3. The van der Waals surface area contributed by atoms with E-state index in [1.807, 2.05) is 6.92 Å². The Kier molecular flexibility index (Phi) is 4.54. The maximum absolute atomic E-state index is 5.92. The molecule has 0 saturated carbocycles. The average molecular weight is 271 g/mol. The average Bonchev–Trinajstić information content (AvgIpc) is 2.38. The van der Waals surface area contributed by atoms with Gasteiger partial charge in [0.05, 0.1) is 0 Å². The van der Waals surface area contributed by atoms with Crippen LogP contribution < -0.4 is 10.2 Å². The molecular weight excluding hydrogens is 252 g/mol. The minimum Gasteiger partial charge on any atom is -0.354 e. The molecule has 1 aromatic heterocycles. The number of rotatable bonds is 4. The van der Waals surface area contributed by atoms with Crippen molar-refractivity contribution < 1.29 is 0 Å². The van der Waals surface area contributed by atoms with Gasteiger partial charge in [0.15, 0.2) is 0 Å². The molecule has 2 rings (SSSR count). The molecule has 1 saturated heterocycles. The van der Waals surface area contributed by atoms with E-state index in [0.29, 0.717) is 11.9 Å². The lowest BCUT2D eigenvalue weighted by atomic mass is 10.3. The smallest absolute Gasteiger partial charge is 0.231 e. The minimum atomic E-state index is 0.244. The summed E-state index contributed by atoms with van der Waals surface area (Å²) in [6.45, 7) is 9.97. The van der Waals surface area contributed by atoms with Gasteiger partial charge < -0.3 is 15.1 Å². The molecule has 0 unspecified atom stereocenters.